The summed E-state index contributed by atoms with van der Waals surface area (Å²) in [4.78, 5) is 2.31. The Morgan fingerprint density at radius 1 is 0.583 bits per heavy atom. The minimum absolute atomic E-state index is 0.442. The van der Waals surface area contributed by atoms with E-state index in [1.165, 1.54) is 21.9 Å². The molecule has 0 aliphatic rings. The summed E-state index contributed by atoms with van der Waals surface area (Å²) in [5.74, 6) is 0. The number of hydrogen-bond acceptors (Lipinski definition) is 3. The second kappa shape index (κ2) is 13.3. The van der Waals surface area contributed by atoms with Gasteiger partial charge in [0.25, 0.3) is 0 Å². The lowest BCUT2D eigenvalue weighted by molar-refractivity contribution is 0.796. The molecular formula is C45H35N3. The zero-order valence-corrected chi connectivity index (χ0v) is 27.2. The number of nitrogens with zero attached hydrogens (tertiary/aromatic N) is 3. The smallest absolute Gasteiger partial charge is 0.101 e. The molecule has 0 aliphatic heterocycles. The molecule has 230 valence electrons. The van der Waals surface area contributed by atoms with Crippen LogP contribution in [0.5, 0.6) is 0 Å². The summed E-state index contributed by atoms with van der Waals surface area (Å²) in [7, 11) is 0. The van der Waals surface area contributed by atoms with E-state index < -0.39 is 0 Å². The Hall–Kier alpha value is -6.16. The van der Waals surface area contributed by atoms with Gasteiger partial charge in [-0.2, -0.15) is 10.5 Å². The van der Waals surface area contributed by atoms with Gasteiger partial charge in [-0.15, -0.1) is 0 Å². The maximum atomic E-state index is 10.2. The van der Waals surface area contributed by atoms with Crippen molar-refractivity contribution in [3.8, 4) is 12.1 Å². The van der Waals surface area contributed by atoms with Crippen molar-refractivity contribution >= 4 is 61.5 Å². The summed E-state index contributed by atoms with van der Waals surface area (Å²) >= 11 is 0. The molecule has 7 aromatic rings. The number of aryl methyl sites for hydroxylation is 2. The van der Waals surface area contributed by atoms with E-state index in [2.05, 4.69) is 164 Å². The summed E-state index contributed by atoms with van der Waals surface area (Å²) in [6.45, 7) is 4.29. The molecule has 48 heavy (non-hydrogen) atoms. The minimum Gasteiger partial charge on any atom is -0.310 e. The van der Waals surface area contributed by atoms with Crippen molar-refractivity contribution in [1.82, 2.24) is 0 Å². The van der Waals surface area contributed by atoms with Gasteiger partial charge in [-0.25, -0.2) is 0 Å². The van der Waals surface area contributed by atoms with Crippen LogP contribution in [0.25, 0.3) is 44.5 Å². The highest BCUT2D eigenvalue weighted by Gasteiger charge is 2.16. The molecule has 0 bridgehead atoms. The normalized spacial score (nSPS) is 11.2. The summed E-state index contributed by atoms with van der Waals surface area (Å²) in [5.41, 5.74) is 8.67. The first-order valence-electron chi connectivity index (χ1n) is 16.5. The third kappa shape index (κ3) is 5.79. The molecule has 0 aromatic heterocycles. The standard InChI is InChI=1S/C45H35N3/c1-3-4-8-33-19-25-39-40-26-20-34(28-42(40)44(30-47)43(29-46)41(39)27-33)16-15-32-17-23-37(24-18-32)48(36-21-13-31(2)14-22-36)45-12-7-10-35-9-5-6-11-38(35)45/h5-7,9-28H,3-4,8H2,1-2H3. The first-order valence-corrected chi connectivity index (χ1v) is 16.5. The largest absolute Gasteiger partial charge is 0.310 e. The number of rotatable bonds is 8. The molecule has 0 spiro atoms. The molecule has 0 fully saturated rings. The van der Waals surface area contributed by atoms with E-state index in [0.717, 1.165) is 69.0 Å². The van der Waals surface area contributed by atoms with Crippen LogP contribution in [0.1, 0.15) is 53.1 Å². The Morgan fingerprint density at radius 3 is 1.90 bits per heavy atom. The van der Waals surface area contributed by atoms with Crippen LogP contribution in [0, 0.1) is 29.6 Å². The van der Waals surface area contributed by atoms with Crippen molar-refractivity contribution < 1.29 is 0 Å². The van der Waals surface area contributed by atoms with Gasteiger partial charge in [-0.1, -0.05) is 116 Å². The van der Waals surface area contributed by atoms with Crippen LogP contribution in [0.4, 0.5) is 17.1 Å². The SMILES string of the molecule is CCCCc1ccc2c(c1)c(C#N)c(C#N)c1cc(C=Cc3ccc(N(c4ccc(C)cc4)c4cccc5ccccc45)cc3)ccc12. The molecule has 0 aliphatic carbocycles. The molecule has 7 aromatic carbocycles. The average molecular weight is 618 g/mol. The van der Waals surface area contributed by atoms with Gasteiger partial charge in [0.15, 0.2) is 0 Å². The molecule has 0 heterocycles. The quantitative estimate of drug-likeness (QED) is 0.126. The summed E-state index contributed by atoms with van der Waals surface area (Å²) in [6, 6.07) is 49.5. The lowest BCUT2D eigenvalue weighted by Gasteiger charge is -2.27. The summed E-state index contributed by atoms with van der Waals surface area (Å²) in [5, 5.41) is 26.4. The monoisotopic (exact) mass is 617 g/mol. The van der Waals surface area contributed by atoms with Crippen LogP contribution >= 0.6 is 0 Å². The molecule has 0 atom stereocenters. The number of nitriles is 2. The van der Waals surface area contributed by atoms with Gasteiger partial charge < -0.3 is 4.90 Å². The zero-order chi connectivity index (χ0) is 33.0. The van der Waals surface area contributed by atoms with Crippen molar-refractivity contribution in [1.29, 1.82) is 10.5 Å². The van der Waals surface area contributed by atoms with Crippen LogP contribution in [0.2, 0.25) is 0 Å². The predicted molar refractivity (Wildman–Crippen MR) is 202 cm³/mol. The van der Waals surface area contributed by atoms with E-state index in [9.17, 15) is 10.5 Å². The molecule has 7 rings (SSSR count). The lowest BCUT2D eigenvalue weighted by Crippen LogP contribution is -2.10. The van der Waals surface area contributed by atoms with Crippen LogP contribution in [0.15, 0.2) is 127 Å². The van der Waals surface area contributed by atoms with Crippen LogP contribution < -0.4 is 4.90 Å². The van der Waals surface area contributed by atoms with Crippen molar-refractivity contribution in [3.05, 3.63) is 161 Å². The predicted octanol–water partition coefficient (Wildman–Crippen LogP) is 12.2. The molecule has 3 heteroatoms. The van der Waals surface area contributed by atoms with Gasteiger partial charge in [0.2, 0.25) is 0 Å². The topological polar surface area (TPSA) is 50.8 Å². The number of benzene rings is 7. The van der Waals surface area contributed by atoms with Gasteiger partial charge in [-0.3, -0.25) is 0 Å². The third-order valence-corrected chi connectivity index (χ3v) is 9.17. The number of fused-ring (bicyclic) bond motifs is 4. The van der Waals surface area contributed by atoms with Crippen molar-refractivity contribution in [2.45, 2.75) is 33.1 Å². The highest BCUT2D eigenvalue weighted by molar-refractivity contribution is 6.13. The molecule has 0 N–H and O–H groups in total. The van der Waals surface area contributed by atoms with E-state index in [4.69, 9.17) is 0 Å². The lowest BCUT2D eigenvalue weighted by atomic mass is 9.90. The molecule has 0 saturated carbocycles. The zero-order valence-electron chi connectivity index (χ0n) is 27.2. The highest BCUT2D eigenvalue weighted by Crippen LogP contribution is 2.39. The minimum atomic E-state index is 0.442. The summed E-state index contributed by atoms with van der Waals surface area (Å²) in [6.07, 6.45) is 7.34. The first-order chi connectivity index (χ1) is 23.6. The second-order valence-corrected chi connectivity index (χ2v) is 12.4. The van der Waals surface area contributed by atoms with E-state index in [-0.39, 0.29) is 0 Å². The fourth-order valence-corrected chi connectivity index (χ4v) is 6.63. The Balaban J connectivity index is 1.24. The Labute approximate surface area is 282 Å². The maximum Gasteiger partial charge on any atom is 0.101 e. The highest BCUT2D eigenvalue weighted by atomic mass is 15.1. The van der Waals surface area contributed by atoms with Gasteiger partial charge in [0.1, 0.15) is 12.1 Å². The maximum absolute atomic E-state index is 10.2. The Bertz CT molecular complexity index is 2400. The van der Waals surface area contributed by atoms with Crippen molar-refractivity contribution in [2.75, 3.05) is 4.90 Å². The third-order valence-electron chi connectivity index (χ3n) is 9.17. The average Bonchev–Trinajstić information content (AvgIpc) is 3.13. The molecule has 3 nitrogen and oxygen atoms in total. The molecule has 0 radical (unpaired) electrons. The van der Waals surface area contributed by atoms with Gasteiger partial charge in [-0.05, 0) is 95.1 Å². The number of anilines is 3. The van der Waals surface area contributed by atoms with E-state index >= 15 is 0 Å². The number of unbranched alkanes of at least 4 members (excludes halogenated alkanes) is 1. The van der Waals surface area contributed by atoms with Crippen LogP contribution in [0.3, 0.4) is 0 Å². The Morgan fingerprint density at radius 2 is 1.19 bits per heavy atom. The van der Waals surface area contributed by atoms with E-state index in [1.807, 2.05) is 6.07 Å². The fourth-order valence-electron chi connectivity index (χ4n) is 6.63. The molecule has 0 unspecified atom stereocenters. The molecule has 0 saturated heterocycles. The fraction of sp³-hybridized carbons (Fsp3) is 0.111. The first kappa shape index (κ1) is 30.5. The van der Waals surface area contributed by atoms with Gasteiger partial charge >= 0.3 is 0 Å². The number of hydrogen-bond donors (Lipinski definition) is 0. The van der Waals surface area contributed by atoms with E-state index in [0.29, 0.717) is 11.1 Å². The van der Waals surface area contributed by atoms with Crippen molar-refractivity contribution in [3.63, 3.8) is 0 Å². The molecular weight excluding hydrogens is 583 g/mol. The Kier molecular flexibility index (Phi) is 8.44. The van der Waals surface area contributed by atoms with Crippen LogP contribution in [-0.2, 0) is 6.42 Å². The van der Waals surface area contributed by atoms with Gasteiger partial charge in [0, 0.05) is 27.5 Å². The van der Waals surface area contributed by atoms with Gasteiger partial charge in [0.05, 0.1) is 16.8 Å². The summed E-state index contributed by atoms with van der Waals surface area (Å²) < 4.78 is 0. The van der Waals surface area contributed by atoms with E-state index in [1.54, 1.807) is 0 Å². The van der Waals surface area contributed by atoms with Crippen LogP contribution in [-0.4, -0.2) is 0 Å². The second-order valence-electron chi connectivity index (χ2n) is 12.4. The molecule has 0 amide bonds. The van der Waals surface area contributed by atoms with Crippen molar-refractivity contribution in [2.24, 2.45) is 0 Å².